The molecule has 5 nitrogen and oxygen atoms in total. The van der Waals surface area contributed by atoms with Crippen molar-refractivity contribution in [3.8, 4) is 5.75 Å². The fourth-order valence-electron chi connectivity index (χ4n) is 4.90. The highest BCUT2D eigenvalue weighted by Crippen LogP contribution is 2.42. The largest absolute Gasteiger partial charge is 0.497 e. The maximum Gasteiger partial charge on any atom is 0.325 e. The van der Waals surface area contributed by atoms with Gasteiger partial charge in [0.15, 0.2) is 5.78 Å². The molecule has 0 spiro atoms. The molecule has 5 rings (SSSR count). The van der Waals surface area contributed by atoms with E-state index in [-0.39, 0.29) is 30.3 Å². The second kappa shape index (κ2) is 10.5. The SMILES string of the molecule is COc1ccc(N2C(=O)N(Cc3ccccc3)[C@@H](CC(=O)c3ccccc3)[C@@H]2c2ccccc2)cc1. The van der Waals surface area contributed by atoms with Gasteiger partial charge in [0.25, 0.3) is 0 Å². The molecule has 4 aromatic carbocycles. The number of methoxy groups -OCH3 is 1. The molecule has 0 unspecified atom stereocenters. The maximum absolute atomic E-state index is 14.1. The lowest BCUT2D eigenvalue weighted by Gasteiger charge is -2.28. The van der Waals surface area contributed by atoms with E-state index in [2.05, 4.69) is 0 Å². The molecule has 0 bridgehead atoms. The molecular weight excluding hydrogens is 448 g/mol. The van der Waals surface area contributed by atoms with Crippen LogP contribution in [0.25, 0.3) is 0 Å². The minimum Gasteiger partial charge on any atom is -0.497 e. The zero-order valence-electron chi connectivity index (χ0n) is 20.2. The highest BCUT2D eigenvalue weighted by Gasteiger charge is 2.47. The summed E-state index contributed by atoms with van der Waals surface area (Å²) in [4.78, 5) is 31.2. The van der Waals surface area contributed by atoms with E-state index in [0.717, 1.165) is 22.6 Å². The summed E-state index contributed by atoms with van der Waals surface area (Å²) >= 11 is 0. The van der Waals surface area contributed by atoms with Gasteiger partial charge in [-0.2, -0.15) is 0 Å². The minimum absolute atomic E-state index is 0.0176. The molecule has 0 aliphatic carbocycles. The number of nitrogens with zero attached hydrogens (tertiary/aromatic N) is 2. The third-order valence-corrected chi connectivity index (χ3v) is 6.67. The number of hydrogen-bond acceptors (Lipinski definition) is 3. The van der Waals surface area contributed by atoms with Crippen molar-refractivity contribution in [1.29, 1.82) is 0 Å². The summed E-state index contributed by atoms with van der Waals surface area (Å²) in [6.45, 7) is 0.419. The first-order chi connectivity index (χ1) is 17.7. The number of ether oxygens (including phenoxy) is 1. The van der Waals surface area contributed by atoms with E-state index < -0.39 is 0 Å². The van der Waals surface area contributed by atoms with Crippen molar-refractivity contribution in [3.63, 3.8) is 0 Å². The van der Waals surface area contributed by atoms with Gasteiger partial charge in [0.1, 0.15) is 5.75 Å². The lowest BCUT2D eigenvalue weighted by atomic mass is 9.92. The Balaban J connectivity index is 1.59. The molecule has 1 heterocycles. The van der Waals surface area contributed by atoms with Crippen molar-refractivity contribution in [2.24, 2.45) is 0 Å². The van der Waals surface area contributed by atoms with Crippen LogP contribution in [-0.4, -0.2) is 29.9 Å². The van der Waals surface area contributed by atoms with Gasteiger partial charge in [0.05, 0.1) is 19.2 Å². The van der Waals surface area contributed by atoms with Gasteiger partial charge in [-0.1, -0.05) is 91.0 Å². The number of benzene rings is 4. The molecule has 0 N–H and O–H groups in total. The summed E-state index contributed by atoms with van der Waals surface area (Å²) in [5, 5.41) is 0. The van der Waals surface area contributed by atoms with Crippen LogP contribution >= 0.6 is 0 Å². The second-order valence-corrected chi connectivity index (χ2v) is 8.88. The van der Waals surface area contributed by atoms with Gasteiger partial charge in [-0.25, -0.2) is 4.79 Å². The van der Waals surface area contributed by atoms with Gasteiger partial charge in [0.2, 0.25) is 0 Å². The topological polar surface area (TPSA) is 49.9 Å². The molecule has 0 saturated carbocycles. The molecule has 5 heteroatoms. The Kier molecular flexibility index (Phi) is 6.80. The molecule has 1 aliphatic rings. The van der Waals surface area contributed by atoms with Crippen molar-refractivity contribution < 1.29 is 14.3 Å². The van der Waals surface area contributed by atoms with E-state index in [1.165, 1.54) is 0 Å². The average molecular weight is 477 g/mol. The minimum atomic E-state index is -0.352. The molecule has 180 valence electrons. The third-order valence-electron chi connectivity index (χ3n) is 6.67. The van der Waals surface area contributed by atoms with Gasteiger partial charge < -0.3 is 9.64 Å². The number of urea groups is 1. The van der Waals surface area contributed by atoms with E-state index in [0.29, 0.717) is 12.1 Å². The number of anilines is 1. The number of ketones is 1. The van der Waals surface area contributed by atoms with Crippen LogP contribution in [0.5, 0.6) is 5.75 Å². The van der Waals surface area contributed by atoms with Crippen LogP contribution in [0.2, 0.25) is 0 Å². The van der Waals surface area contributed by atoms with Gasteiger partial charge in [0, 0.05) is 24.2 Å². The third kappa shape index (κ3) is 4.73. The van der Waals surface area contributed by atoms with E-state index in [4.69, 9.17) is 4.74 Å². The van der Waals surface area contributed by atoms with Crippen LogP contribution in [0.1, 0.15) is 33.9 Å². The van der Waals surface area contributed by atoms with Crippen LogP contribution in [0, 0.1) is 0 Å². The number of carbonyl (C=O) groups is 2. The first kappa shape index (κ1) is 23.4. The monoisotopic (exact) mass is 476 g/mol. The Labute approximate surface area is 211 Å². The Morgan fingerprint density at radius 2 is 1.36 bits per heavy atom. The maximum atomic E-state index is 14.1. The van der Waals surface area contributed by atoms with E-state index in [9.17, 15) is 9.59 Å². The Hall–Kier alpha value is -4.38. The standard InChI is InChI=1S/C31H28N2O3/c1-36-27-19-17-26(18-20-27)33-30(25-15-9-4-10-16-25)28(21-29(34)24-13-7-3-8-14-24)32(31(33)35)22-23-11-5-2-6-12-23/h2-20,28,30H,21-22H2,1H3/t28-,30-/m0/s1. The molecule has 0 aromatic heterocycles. The number of Topliss-reactive ketones (excluding diaryl/α,β-unsaturated/α-hetero) is 1. The summed E-state index contributed by atoms with van der Waals surface area (Å²) in [5.41, 5.74) is 3.43. The predicted octanol–water partition coefficient (Wildman–Crippen LogP) is 6.52. The van der Waals surface area contributed by atoms with Gasteiger partial charge in [-0.15, -0.1) is 0 Å². The molecule has 4 aromatic rings. The van der Waals surface area contributed by atoms with Crippen molar-refractivity contribution in [2.75, 3.05) is 12.0 Å². The van der Waals surface area contributed by atoms with Crippen LogP contribution in [-0.2, 0) is 6.54 Å². The highest BCUT2D eigenvalue weighted by atomic mass is 16.5. The zero-order chi connectivity index (χ0) is 24.9. The molecular formula is C31H28N2O3. The molecule has 2 atom stereocenters. The van der Waals surface area contributed by atoms with E-state index in [1.807, 2.05) is 125 Å². The number of amides is 2. The Bertz CT molecular complexity index is 1310. The Morgan fingerprint density at radius 3 is 1.97 bits per heavy atom. The lowest BCUT2D eigenvalue weighted by Crippen LogP contribution is -2.36. The number of carbonyl (C=O) groups excluding carboxylic acids is 2. The van der Waals surface area contributed by atoms with Crippen LogP contribution < -0.4 is 9.64 Å². The fourth-order valence-corrected chi connectivity index (χ4v) is 4.90. The van der Waals surface area contributed by atoms with Crippen molar-refractivity contribution >= 4 is 17.5 Å². The van der Waals surface area contributed by atoms with Crippen LogP contribution in [0.15, 0.2) is 115 Å². The molecule has 1 aliphatic heterocycles. The Morgan fingerprint density at radius 1 is 0.778 bits per heavy atom. The average Bonchev–Trinajstić information content (AvgIpc) is 3.20. The summed E-state index contributed by atoms with van der Waals surface area (Å²) in [5.74, 6) is 0.738. The van der Waals surface area contributed by atoms with Crippen LogP contribution in [0.4, 0.5) is 10.5 Å². The van der Waals surface area contributed by atoms with Gasteiger partial charge >= 0.3 is 6.03 Å². The smallest absolute Gasteiger partial charge is 0.325 e. The van der Waals surface area contributed by atoms with Gasteiger partial charge in [-0.3, -0.25) is 9.69 Å². The molecule has 0 radical (unpaired) electrons. The van der Waals surface area contributed by atoms with Gasteiger partial charge in [-0.05, 0) is 35.4 Å². The lowest BCUT2D eigenvalue weighted by molar-refractivity contribution is 0.0941. The molecule has 1 fully saturated rings. The molecule has 2 amide bonds. The summed E-state index contributed by atoms with van der Waals surface area (Å²) in [6, 6.07) is 35.9. The highest BCUT2D eigenvalue weighted by molar-refractivity contribution is 6.00. The van der Waals surface area contributed by atoms with E-state index >= 15 is 0 Å². The number of rotatable bonds is 8. The van der Waals surface area contributed by atoms with Crippen molar-refractivity contribution in [2.45, 2.75) is 25.0 Å². The predicted molar refractivity (Wildman–Crippen MR) is 141 cm³/mol. The summed E-state index contributed by atoms with van der Waals surface area (Å²) < 4.78 is 5.33. The first-order valence-corrected chi connectivity index (χ1v) is 12.1. The van der Waals surface area contributed by atoms with Crippen molar-refractivity contribution in [1.82, 2.24) is 4.90 Å². The number of hydrogen-bond donors (Lipinski definition) is 0. The molecule has 36 heavy (non-hydrogen) atoms. The fraction of sp³-hybridized carbons (Fsp3) is 0.161. The zero-order valence-corrected chi connectivity index (χ0v) is 20.2. The van der Waals surface area contributed by atoms with Crippen LogP contribution in [0.3, 0.4) is 0 Å². The second-order valence-electron chi connectivity index (χ2n) is 8.88. The molecule has 1 saturated heterocycles. The summed E-state index contributed by atoms with van der Waals surface area (Å²) in [6.07, 6.45) is 0.217. The van der Waals surface area contributed by atoms with E-state index in [1.54, 1.807) is 7.11 Å². The first-order valence-electron chi connectivity index (χ1n) is 12.1. The quantitative estimate of drug-likeness (QED) is 0.272. The summed E-state index contributed by atoms with van der Waals surface area (Å²) in [7, 11) is 1.62. The van der Waals surface area contributed by atoms with Crippen molar-refractivity contribution in [3.05, 3.63) is 132 Å². The normalized spacial score (nSPS) is 17.3.